The molecule has 3 N–H and O–H groups in total. The minimum atomic E-state index is -0.283. The lowest BCUT2D eigenvalue weighted by Gasteiger charge is -2.29. The molecule has 6 heteroatoms. The molecule has 0 aliphatic carbocycles. The molecule has 1 aliphatic heterocycles. The number of carbonyl (C=O) groups is 2. The quantitative estimate of drug-likeness (QED) is 0.843. The summed E-state index contributed by atoms with van der Waals surface area (Å²) in [4.78, 5) is 25.6. The van der Waals surface area contributed by atoms with Gasteiger partial charge in [0.15, 0.2) is 12.4 Å². The lowest BCUT2D eigenvalue weighted by molar-refractivity contribution is -0.123. The molecule has 1 heterocycles. The number of nitrogens with one attached hydrogen (secondary N) is 1. The first-order chi connectivity index (χ1) is 10.6. The second kappa shape index (κ2) is 5.77. The molecule has 0 unspecified atom stereocenters. The SMILES string of the molecule is Nc1cccc2c1OCC(=O)N2CC(=O)Nc1ccccc1. The van der Waals surface area contributed by atoms with Crippen molar-refractivity contribution < 1.29 is 14.3 Å². The molecule has 0 spiro atoms. The van der Waals surface area contributed by atoms with Crippen LogP contribution in [0.1, 0.15) is 0 Å². The molecule has 0 saturated carbocycles. The molecule has 6 nitrogen and oxygen atoms in total. The first-order valence-corrected chi connectivity index (χ1v) is 6.81. The number of nitrogens with two attached hydrogens (primary N) is 1. The molecule has 2 aromatic carbocycles. The summed E-state index contributed by atoms with van der Waals surface area (Å²) >= 11 is 0. The predicted molar refractivity (Wildman–Crippen MR) is 83.8 cm³/mol. The van der Waals surface area contributed by atoms with Crippen LogP contribution in [0.3, 0.4) is 0 Å². The number of amides is 2. The number of fused-ring (bicyclic) bond motifs is 1. The fraction of sp³-hybridized carbons (Fsp3) is 0.125. The average Bonchev–Trinajstić information content (AvgIpc) is 2.51. The van der Waals surface area contributed by atoms with Gasteiger partial charge in [-0.2, -0.15) is 0 Å². The van der Waals surface area contributed by atoms with Crippen molar-refractivity contribution in [3.63, 3.8) is 0 Å². The van der Waals surface area contributed by atoms with Gasteiger partial charge in [-0.1, -0.05) is 24.3 Å². The Labute approximate surface area is 127 Å². The van der Waals surface area contributed by atoms with Gasteiger partial charge >= 0.3 is 0 Å². The van der Waals surface area contributed by atoms with Gasteiger partial charge in [-0.15, -0.1) is 0 Å². The van der Waals surface area contributed by atoms with Crippen molar-refractivity contribution in [3.05, 3.63) is 48.5 Å². The number of hydrogen-bond donors (Lipinski definition) is 2. The third-order valence-corrected chi connectivity index (χ3v) is 3.32. The van der Waals surface area contributed by atoms with Crippen molar-refractivity contribution in [3.8, 4) is 5.75 Å². The van der Waals surface area contributed by atoms with Crippen molar-refractivity contribution in [1.82, 2.24) is 0 Å². The van der Waals surface area contributed by atoms with Gasteiger partial charge < -0.3 is 15.8 Å². The van der Waals surface area contributed by atoms with Gasteiger partial charge in [0.05, 0.1) is 11.4 Å². The van der Waals surface area contributed by atoms with E-state index in [1.807, 2.05) is 18.2 Å². The summed E-state index contributed by atoms with van der Waals surface area (Å²) in [5, 5.41) is 2.75. The van der Waals surface area contributed by atoms with Crippen LogP contribution in [0.25, 0.3) is 0 Å². The maximum Gasteiger partial charge on any atom is 0.265 e. The molecule has 0 fully saturated rings. The highest BCUT2D eigenvalue weighted by atomic mass is 16.5. The summed E-state index contributed by atoms with van der Waals surface area (Å²) in [5.41, 5.74) is 7.48. The molecule has 0 radical (unpaired) electrons. The lowest BCUT2D eigenvalue weighted by Crippen LogP contribution is -2.43. The smallest absolute Gasteiger partial charge is 0.265 e. The molecule has 0 aromatic heterocycles. The van der Waals surface area contributed by atoms with Crippen LogP contribution in [0.2, 0.25) is 0 Å². The van der Waals surface area contributed by atoms with Crippen molar-refractivity contribution in [2.24, 2.45) is 0 Å². The normalized spacial score (nSPS) is 13.3. The van der Waals surface area contributed by atoms with Crippen molar-refractivity contribution in [2.75, 3.05) is 29.1 Å². The summed E-state index contributed by atoms with van der Waals surface area (Å²) in [6, 6.07) is 14.2. The minimum Gasteiger partial charge on any atom is -0.479 e. The molecule has 0 saturated heterocycles. The molecule has 2 aromatic rings. The van der Waals surface area contributed by atoms with Crippen molar-refractivity contribution in [2.45, 2.75) is 0 Å². The Bertz CT molecular complexity index is 716. The van der Waals surface area contributed by atoms with Gasteiger partial charge in [0.2, 0.25) is 5.91 Å². The Hall–Kier alpha value is -3.02. The Morgan fingerprint density at radius 3 is 2.73 bits per heavy atom. The van der Waals surface area contributed by atoms with Crippen LogP contribution in [0, 0.1) is 0 Å². The number of carbonyl (C=O) groups excluding carboxylic acids is 2. The summed E-state index contributed by atoms with van der Waals surface area (Å²) in [6.45, 7) is -0.215. The van der Waals surface area contributed by atoms with E-state index in [4.69, 9.17) is 10.5 Å². The molecule has 0 atom stereocenters. The van der Waals surface area contributed by atoms with E-state index in [1.54, 1.807) is 30.3 Å². The number of ether oxygens (including phenoxy) is 1. The van der Waals surface area contributed by atoms with Crippen LogP contribution in [0.15, 0.2) is 48.5 Å². The summed E-state index contributed by atoms with van der Waals surface area (Å²) in [5.74, 6) is -0.120. The molecule has 0 bridgehead atoms. The maximum atomic E-state index is 12.1. The average molecular weight is 297 g/mol. The van der Waals surface area contributed by atoms with E-state index in [2.05, 4.69) is 5.32 Å². The van der Waals surface area contributed by atoms with Crippen molar-refractivity contribution >= 4 is 28.9 Å². The van der Waals surface area contributed by atoms with E-state index in [0.717, 1.165) is 0 Å². The Morgan fingerprint density at radius 1 is 1.18 bits per heavy atom. The van der Waals surface area contributed by atoms with Gasteiger partial charge in [0.1, 0.15) is 6.54 Å². The van der Waals surface area contributed by atoms with Crippen LogP contribution < -0.4 is 20.7 Å². The highest BCUT2D eigenvalue weighted by Gasteiger charge is 2.28. The second-order valence-electron chi connectivity index (χ2n) is 4.88. The predicted octanol–water partition coefficient (Wildman–Crippen LogP) is 1.63. The number of nitrogens with zero attached hydrogens (tertiary/aromatic N) is 1. The lowest BCUT2D eigenvalue weighted by atomic mass is 10.2. The van der Waals surface area contributed by atoms with Gasteiger partial charge in [-0.25, -0.2) is 0 Å². The van der Waals surface area contributed by atoms with E-state index in [1.165, 1.54) is 4.90 Å². The monoisotopic (exact) mass is 297 g/mol. The first kappa shape index (κ1) is 13.9. The minimum absolute atomic E-state index is 0.0897. The van der Waals surface area contributed by atoms with E-state index < -0.39 is 0 Å². The van der Waals surface area contributed by atoms with Crippen LogP contribution >= 0.6 is 0 Å². The Morgan fingerprint density at radius 2 is 1.95 bits per heavy atom. The van der Waals surface area contributed by atoms with Gasteiger partial charge in [0.25, 0.3) is 5.91 Å². The Kier molecular flexibility index (Phi) is 3.65. The van der Waals surface area contributed by atoms with Crippen LogP contribution in [-0.4, -0.2) is 25.0 Å². The summed E-state index contributed by atoms with van der Waals surface area (Å²) in [7, 11) is 0. The number of nitrogen functional groups attached to an aromatic ring is 1. The molecule has 1 aliphatic rings. The van der Waals surface area contributed by atoms with E-state index in [-0.39, 0.29) is 25.0 Å². The highest BCUT2D eigenvalue weighted by molar-refractivity contribution is 6.05. The third-order valence-electron chi connectivity index (χ3n) is 3.32. The zero-order chi connectivity index (χ0) is 15.5. The second-order valence-corrected chi connectivity index (χ2v) is 4.88. The topological polar surface area (TPSA) is 84.7 Å². The van der Waals surface area contributed by atoms with Crippen LogP contribution in [-0.2, 0) is 9.59 Å². The molecular formula is C16H15N3O3. The van der Waals surface area contributed by atoms with E-state index >= 15 is 0 Å². The first-order valence-electron chi connectivity index (χ1n) is 6.81. The fourth-order valence-electron chi connectivity index (χ4n) is 2.30. The number of benzene rings is 2. The van der Waals surface area contributed by atoms with Crippen LogP contribution in [0.5, 0.6) is 5.75 Å². The van der Waals surface area contributed by atoms with E-state index in [0.29, 0.717) is 22.8 Å². The largest absolute Gasteiger partial charge is 0.479 e. The molecule has 22 heavy (non-hydrogen) atoms. The van der Waals surface area contributed by atoms with E-state index in [9.17, 15) is 9.59 Å². The standard InChI is InChI=1S/C16H15N3O3/c17-12-7-4-8-13-16(12)22-10-15(21)19(13)9-14(20)18-11-5-2-1-3-6-11/h1-8H,9-10,17H2,(H,18,20). The molecular weight excluding hydrogens is 282 g/mol. The molecule has 3 rings (SSSR count). The third kappa shape index (κ3) is 2.71. The molecule has 112 valence electrons. The maximum absolute atomic E-state index is 12.1. The number of para-hydroxylation sites is 2. The molecule has 2 amide bonds. The fourth-order valence-corrected chi connectivity index (χ4v) is 2.30. The number of rotatable bonds is 3. The highest BCUT2D eigenvalue weighted by Crippen LogP contribution is 2.36. The number of anilines is 3. The van der Waals surface area contributed by atoms with Gasteiger partial charge in [-0.3, -0.25) is 14.5 Å². The summed E-state index contributed by atoms with van der Waals surface area (Å²) in [6.07, 6.45) is 0. The van der Waals surface area contributed by atoms with Crippen molar-refractivity contribution in [1.29, 1.82) is 0 Å². The Balaban J connectivity index is 1.79. The zero-order valence-corrected chi connectivity index (χ0v) is 11.8. The summed E-state index contributed by atoms with van der Waals surface area (Å²) < 4.78 is 5.35. The number of hydrogen-bond acceptors (Lipinski definition) is 4. The van der Waals surface area contributed by atoms with Gasteiger partial charge in [-0.05, 0) is 24.3 Å². The van der Waals surface area contributed by atoms with Gasteiger partial charge in [0, 0.05) is 5.69 Å². The van der Waals surface area contributed by atoms with Crippen LogP contribution in [0.4, 0.5) is 17.1 Å². The zero-order valence-electron chi connectivity index (χ0n) is 11.8.